The second kappa shape index (κ2) is 10.5. The first-order chi connectivity index (χ1) is 23.5. The molecule has 0 bridgehead atoms. The van der Waals surface area contributed by atoms with Gasteiger partial charge in [-0.05, 0) is 101 Å². The molecule has 9 rings (SSSR count). The summed E-state index contributed by atoms with van der Waals surface area (Å²) in [6, 6.07) is 31.3. The fraction of sp³-hybridized carbons (Fsp3) is 0.250. The Kier molecular flexibility index (Phi) is 6.38. The molecular formula is C40H37BN6O2. The first-order valence-electron chi connectivity index (χ1n) is 16.9. The van der Waals surface area contributed by atoms with Crippen LogP contribution in [0.15, 0.2) is 101 Å². The number of hydrogen-bond acceptors (Lipinski definition) is 8. The van der Waals surface area contributed by atoms with E-state index in [1.165, 1.54) is 0 Å². The molecule has 0 amide bonds. The molecule has 0 unspecified atom stereocenters. The van der Waals surface area contributed by atoms with Crippen molar-refractivity contribution in [2.24, 2.45) is 9.98 Å². The molecule has 0 radical (unpaired) electrons. The van der Waals surface area contributed by atoms with Crippen LogP contribution in [0.25, 0.3) is 22.5 Å². The molecule has 3 aromatic carbocycles. The summed E-state index contributed by atoms with van der Waals surface area (Å²) in [7, 11) is 0. The van der Waals surface area contributed by atoms with Gasteiger partial charge < -0.3 is 19.3 Å². The zero-order chi connectivity index (χ0) is 33.7. The molecule has 4 aliphatic heterocycles. The summed E-state index contributed by atoms with van der Waals surface area (Å²) in [5.74, 6) is 7.07. The summed E-state index contributed by atoms with van der Waals surface area (Å²) >= 11 is 0. The predicted molar refractivity (Wildman–Crippen MR) is 200 cm³/mol. The van der Waals surface area contributed by atoms with Crippen LogP contribution in [0.4, 0.5) is 11.6 Å². The van der Waals surface area contributed by atoms with Gasteiger partial charge in [-0.1, -0.05) is 42.5 Å². The molecule has 0 aliphatic carbocycles. The maximum Gasteiger partial charge on any atom is 0.260 e. The number of aliphatic imine (C=N–C) groups is 2. The van der Waals surface area contributed by atoms with E-state index < -0.39 is 0 Å². The Hall–Kier alpha value is -5.44. The highest BCUT2D eigenvalue weighted by Crippen LogP contribution is 2.37. The summed E-state index contributed by atoms with van der Waals surface area (Å²) < 4.78 is 13.2. The molecule has 2 aromatic heterocycles. The Labute approximate surface area is 287 Å². The van der Waals surface area contributed by atoms with Crippen LogP contribution in [0.3, 0.4) is 0 Å². The minimum atomic E-state index is -0.130. The number of fused-ring (bicyclic) bond motifs is 4. The molecule has 5 aromatic rings. The zero-order valence-electron chi connectivity index (χ0n) is 28.7. The van der Waals surface area contributed by atoms with Crippen molar-refractivity contribution in [1.82, 2.24) is 9.97 Å². The van der Waals surface area contributed by atoms with Crippen molar-refractivity contribution in [3.8, 4) is 45.5 Å². The lowest BCUT2D eigenvalue weighted by atomic mass is 9.35. The number of aromatic nitrogens is 2. The van der Waals surface area contributed by atoms with E-state index in [0.29, 0.717) is 0 Å². The van der Waals surface area contributed by atoms with Crippen LogP contribution in [0.2, 0.25) is 0 Å². The molecular weight excluding hydrogens is 607 g/mol. The Morgan fingerprint density at radius 1 is 0.571 bits per heavy atom. The van der Waals surface area contributed by atoms with E-state index in [2.05, 4.69) is 124 Å². The molecule has 0 N–H and O–H groups in total. The third-order valence-corrected chi connectivity index (χ3v) is 9.82. The number of anilines is 2. The average Bonchev–Trinajstić information content (AvgIpc) is 3.54. The van der Waals surface area contributed by atoms with Gasteiger partial charge in [-0.15, -0.1) is 0 Å². The molecule has 0 atom stereocenters. The van der Waals surface area contributed by atoms with Crippen LogP contribution in [-0.2, 0) is 0 Å². The van der Waals surface area contributed by atoms with Crippen molar-refractivity contribution < 1.29 is 9.47 Å². The van der Waals surface area contributed by atoms with E-state index in [-0.39, 0.29) is 17.8 Å². The average molecular weight is 645 g/mol. The number of nitrogens with zero attached hydrogens (tertiary/aromatic N) is 6. The Balaban J connectivity index is 1.07. The number of amidine groups is 2. The second-order valence-corrected chi connectivity index (χ2v) is 14.7. The van der Waals surface area contributed by atoms with Crippen LogP contribution in [0, 0.1) is 0 Å². The van der Waals surface area contributed by atoms with Gasteiger partial charge in [-0.25, -0.2) is 9.97 Å². The monoisotopic (exact) mass is 644 g/mol. The van der Waals surface area contributed by atoms with E-state index in [0.717, 1.165) is 98.3 Å². The summed E-state index contributed by atoms with van der Waals surface area (Å²) in [6.45, 7) is 14.3. The van der Waals surface area contributed by atoms with Crippen LogP contribution in [0.1, 0.15) is 41.5 Å². The summed E-state index contributed by atoms with van der Waals surface area (Å²) in [4.78, 5) is 24.2. The van der Waals surface area contributed by atoms with Gasteiger partial charge in [0.1, 0.15) is 46.3 Å². The van der Waals surface area contributed by atoms with Gasteiger partial charge >= 0.3 is 0 Å². The first-order valence-corrected chi connectivity index (χ1v) is 16.9. The first kappa shape index (κ1) is 29.7. The van der Waals surface area contributed by atoms with E-state index in [1.807, 2.05) is 18.2 Å². The van der Waals surface area contributed by atoms with Crippen molar-refractivity contribution in [3.63, 3.8) is 0 Å². The van der Waals surface area contributed by atoms with Crippen LogP contribution >= 0.6 is 0 Å². The molecule has 0 fully saturated rings. The summed E-state index contributed by atoms with van der Waals surface area (Å²) in [5, 5.41) is 0. The van der Waals surface area contributed by atoms with Crippen LogP contribution in [0.5, 0.6) is 23.0 Å². The molecule has 242 valence electrons. The Bertz CT molecular complexity index is 2110. The Morgan fingerprint density at radius 3 is 1.45 bits per heavy atom. The second-order valence-electron chi connectivity index (χ2n) is 14.7. The lowest BCUT2D eigenvalue weighted by Crippen LogP contribution is -2.57. The van der Waals surface area contributed by atoms with E-state index in [9.17, 15) is 0 Å². The van der Waals surface area contributed by atoms with Crippen molar-refractivity contribution in [1.29, 1.82) is 0 Å². The molecule has 6 heterocycles. The topological polar surface area (TPSA) is 75.4 Å². The molecule has 0 saturated carbocycles. The zero-order valence-corrected chi connectivity index (χ0v) is 28.7. The highest BCUT2D eigenvalue weighted by Gasteiger charge is 2.40. The SMILES string of the molecule is CC1=NC(C)(C)CN1c1cccc(-c2ccc3c(c2)Oc2cccc4c2B3c2ccc(-c3cccc(N5CC(C)(C)N=C5C)n3)cc2O4)n1. The lowest BCUT2D eigenvalue weighted by Gasteiger charge is -2.33. The third-order valence-electron chi connectivity index (χ3n) is 9.82. The van der Waals surface area contributed by atoms with Gasteiger partial charge in [0.15, 0.2) is 0 Å². The molecule has 49 heavy (non-hydrogen) atoms. The van der Waals surface area contributed by atoms with Crippen LogP contribution in [-0.4, -0.2) is 52.5 Å². The minimum absolute atomic E-state index is 0.0308. The molecule has 0 saturated heterocycles. The van der Waals surface area contributed by atoms with Gasteiger partial charge in [-0.2, -0.15) is 0 Å². The maximum absolute atomic E-state index is 6.59. The lowest BCUT2D eigenvalue weighted by molar-refractivity contribution is 0.464. The van der Waals surface area contributed by atoms with Gasteiger partial charge in [-0.3, -0.25) is 9.98 Å². The molecule has 8 nitrogen and oxygen atoms in total. The van der Waals surface area contributed by atoms with Crippen molar-refractivity contribution in [2.45, 2.75) is 52.6 Å². The van der Waals surface area contributed by atoms with E-state index >= 15 is 0 Å². The van der Waals surface area contributed by atoms with Gasteiger partial charge in [0.25, 0.3) is 6.71 Å². The standard InChI is InChI=1S/C40H37BN6O2/c1-24-44-39(3,4)22-46(24)36-14-7-10-30(42-36)26-16-18-28-34(20-26)48-32-12-9-13-33-38(32)41(28)29-19-17-27(21-35(29)49-33)31-11-8-15-37(43-31)47-23-40(5,6)45-25(47)2/h7-21H,22-23H2,1-6H3. The fourth-order valence-electron chi connectivity index (χ4n) is 7.78. The minimum Gasteiger partial charge on any atom is -0.458 e. The molecule has 0 spiro atoms. The fourth-order valence-corrected chi connectivity index (χ4v) is 7.78. The van der Waals surface area contributed by atoms with E-state index in [1.54, 1.807) is 0 Å². The van der Waals surface area contributed by atoms with Gasteiger partial charge in [0.2, 0.25) is 0 Å². The maximum atomic E-state index is 6.59. The van der Waals surface area contributed by atoms with Gasteiger partial charge in [0, 0.05) is 16.6 Å². The smallest absolute Gasteiger partial charge is 0.260 e. The number of benzene rings is 3. The highest BCUT2D eigenvalue weighted by atomic mass is 16.5. The van der Waals surface area contributed by atoms with Crippen molar-refractivity contribution >= 4 is 46.4 Å². The predicted octanol–water partition coefficient (Wildman–Crippen LogP) is 6.57. The largest absolute Gasteiger partial charge is 0.458 e. The number of pyridine rings is 2. The quantitative estimate of drug-likeness (QED) is 0.202. The number of ether oxygens (including phenoxy) is 2. The summed E-state index contributed by atoms with van der Waals surface area (Å²) in [5.41, 5.74) is 6.80. The van der Waals surface area contributed by atoms with Crippen molar-refractivity contribution in [2.75, 3.05) is 22.9 Å². The van der Waals surface area contributed by atoms with E-state index in [4.69, 9.17) is 29.4 Å². The number of rotatable bonds is 4. The summed E-state index contributed by atoms with van der Waals surface area (Å²) in [6.07, 6.45) is 0. The molecule has 4 aliphatic rings. The Morgan fingerprint density at radius 2 is 1.02 bits per heavy atom. The van der Waals surface area contributed by atoms with Crippen LogP contribution < -0.4 is 35.7 Å². The number of hydrogen-bond donors (Lipinski definition) is 0. The third kappa shape index (κ3) is 4.98. The normalized spacial score (nSPS) is 17.8. The highest BCUT2D eigenvalue weighted by molar-refractivity contribution is 6.98. The van der Waals surface area contributed by atoms with Gasteiger partial charge in [0.05, 0.1) is 35.6 Å². The van der Waals surface area contributed by atoms with Crippen molar-refractivity contribution in [3.05, 3.63) is 91.0 Å². The molecule has 9 heteroatoms.